The molecule has 0 unspecified atom stereocenters. The molecule has 0 spiro atoms. The van der Waals surface area contributed by atoms with E-state index in [1.807, 2.05) is 42.7 Å². The number of esters is 1. The lowest BCUT2D eigenvalue weighted by molar-refractivity contribution is -0.155. The maximum atomic E-state index is 12.3. The SMILES string of the molecule is CSCC[C@@H](NC(N)=O)C(=O)O[C@@H](C)C(=O)Nc1ccc2ccccc2c1. The van der Waals surface area contributed by atoms with E-state index in [2.05, 4.69) is 10.6 Å². The average Bonchev–Trinajstić information content (AvgIpc) is 2.64. The first-order valence-electron chi connectivity index (χ1n) is 8.45. The average molecular weight is 389 g/mol. The summed E-state index contributed by atoms with van der Waals surface area (Å²) >= 11 is 1.52. The van der Waals surface area contributed by atoms with Gasteiger partial charge in [-0.25, -0.2) is 9.59 Å². The zero-order valence-corrected chi connectivity index (χ0v) is 16.0. The Labute approximate surface area is 162 Å². The summed E-state index contributed by atoms with van der Waals surface area (Å²) in [5.41, 5.74) is 5.70. The fourth-order valence-electron chi connectivity index (χ4n) is 2.48. The molecule has 2 aromatic carbocycles. The summed E-state index contributed by atoms with van der Waals surface area (Å²) in [5.74, 6) is -0.511. The highest BCUT2D eigenvalue weighted by Crippen LogP contribution is 2.19. The summed E-state index contributed by atoms with van der Waals surface area (Å²) in [6.45, 7) is 1.48. The largest absolute Gasteiger partial charge is 0.451 e. The van der Waals surface area contributed by atoms with Crippen molar-refractivity contribution in [2.24, 2.45) is 5.73 Å². The molecule has 27 heavy (non-hydrogen) atoms. The molecule has 0 aliphatic rings. The number of fused-ring (bicyclic) bond motifs is 1. The van der Waals surface area contributed by atoms with Gasteiger partial charge in [0, 0.05) is 5.69 Å². The second-order valence-corrected chi connectivity index (χ2v) is 6.96. The minimum atomic E-state index is -1.02. The third kappa shape index (κ3) is 6.18. The Balaban J connectivity index is 1.98. The van der Waals surface area contributed by atoms with Crippen molar-refractivity contribution in [2.75, 3.05) is 17.3 Å². The van der Waals surface area contributed by atoms with Gasteiger partial charge in [0.1, 0.15) is 6.04 Å². The fraction of sp³-hybridized carbons (Fsp3) is 0.316. The molecule has 0 aliphatic heterocycles. The maximum Gasteiger partial charge on any atom is 0.329 e. The van der Waals surface area contributed by atoms with Crippen molar-refractivity contribution in [1.82, 2.24) is 5.32 Å². The lowest BCUT2D eigenvalue weighted by atomic mass is 10.1. The number of rotatable bonds is 8. The Morgan fingerprint density at radius 2 is 1.85 bits per heavy atom. The van der Waals surface area contributed by atoms with Crippen molar-refractivity contribution in [3.8, 4) is 0 Å². The van der Waals surface area contributed by atoms with Gasteiger partial charge in [-0.05, 0) is 48.3 Å². The predicted molar refractivity (Wildman–Crippen MR) is 108 cm³/mol. The van der Waals surface area contributed by atoms with Crippen LogP contribution >= 0.6 is 11.8 Å². The highest BCUT2D eigenvalue weighted by atomic mass is 32.2. The smallest absolute Gasteiger partial charge is 0.329 e. The summed E-state index contributed by atoms with van der Waals surface area (Å²) in [6, 6.07) is 11.6. The second-order valence-electron chi connectivity index (χ2n) is 5.97. The summed E-state index contributed by atoms with van der Waals surface area (Å²) in [7, 11) is 0. The van der Waals surface area contributed by atoms with Gasteiger partial charge in [0.2, 0.25) is 0 Å². The van der Waals surface area contributed by atoms with Crippen LogP contribution in [0.4, 0.5) is 10.5 Å². The van der Waals surface area contributed by atoms with E-state index in [4.69, 9.17) is 10.5 Å². The highest BCUT2D eigenvalue weighted by molar-refractivity contribution is 7.98. The monoisotopic (exact) mass is 389 g/mol. The van der Waals surface area contributed by atoms with Crippen LogP contribution in [-0.4, -0.2) is 42.1 Å². The number of urea groups is 1. The van der Waals surface area contributed by atoms with Gasteiger partial charge >= 0.3 is 12.0 Å². The van der Waals surface area contributed by atoms with E-state index >= 15 is 0 Å². The number of benzene rings is 2. The van der Waals surface area contributed by atoms with Gasteiger partial charge in [0.25, 0.3) is 5.91 Å². The van der Waals surface area contributed by atoms with Crippen molar-refractivity contribution in [3.63, 3.8) is 0 Å². The molecule has 7 nitrogen and oxygen atoms in total. The van der Waals surface area contributed by atoms with Crippen molar-refractivity contribution >= 4 is 46.1 Å². The van der Waals surface area contributed by atoms with Crippen LogP contribution in [0.25, 0.3) is 10.8 Å². The minimum Gasteiger partial charge on any atom is -0.451 e. The summed E-state index contributed by atoms with van der Waals surface area (Å²) in [6.07, 6.45) is 1.23. The van der Waals surface area contributed by atoms with Crippen LogP contribution < -0.4 is 16.4 Å². The zero-order chi connectivity index (χ0) is 19.8. The first-order valence-corrected chi connectivity index (χ1v) is 9.85. The molecule has 2 atom stereocenters. The molecule has 3 amide bonds. The molecule has 144 valence electrons. The van der Waals surface area contributed by atoms with Crippen LogP contribution in [0, 0.1) is 0 Å². The Kier molecular flexibility index (Phi) is 7.48. The van der Waals surface area contributed by atoms with E-state index < -0.39 is 30.1 Å². The number of primary amides is 1. The molecule has 0 saturated heterocycles. The summed E-state index contributed by atoms with van der Waals surface area (Å²) in [4.78, 5) is 35.6. The molecule has 0 aromatic heterocycles. The molecular formula is C19H23N3O4S. The molecule has 0 fully saturated rings. The lowest BCUT2D eigenvalue weighted by Gasteiger charge is -2.19. The van der Waals surface area contributed by atoms with E-state index in [-0.39, 0.29) is 0 Å². The minimum absolute atomic E-state index is 0.363. The van der Waals surface area contributed by atoms with Gasteiger partial charge in [-0.2, -0.15) is 11.8 Å². The van der Waals surface area contributed by atoms with E-state index in [9.17, 15) is 14.4 Å². The van der Waals surface area contributed by atoms with Crippen LogP contribution in [0.15, 0.2) is 42.5 Å². The van der Waals surface area contributed by atoms with Crippen molar-refractivity contribution in [3.05, 3.63) is 42.5 Å². The van der Waals surface area contributed by atoms with Crippen LogP contribution in [0.3, 0.4) is 0 Å². The number of nitrogens with one attached hydrogen (secondary N) is 2. The van der Waals surface area contributed by atoms with E-state index in [1.54, 1.807) is 6.07 Å². The zero-order valence-electron chi connectivity index (χ0n) is 15.2. The van der Waals surface area contributed by atoms with E-state index in [1.165, 1.54) is 18.7 Å². The van der Waals surface area contributed by atoms with Crippen LogP contribution in [0.5, 0.6) is 0 Å². The first-order chi connectivity index (χ1) is 12.9. The molecule has 0 bridgehead atoms. The molecule has 0 aliphatic carbocycles. The number of ether oxygens (including phenoxy) is 1. The lowest BCUT2D eigenvalue weighted by Crippen LogP contribution is -2.46. The summed E-state index contributed by atoms with van der Waals surface area (Å²) in [5, 5.41) is 7.13. The first kappa shape index (κ1) is 20.6. The van der Waals surface area contributed by atoms with Crippen LogP contribution in [0.1, 0.15) is 13.3 Å². The summed E-state index contributed by atoms with van der Waals surface area (Å²) < 4.78 is 5.20. The number of nitrogens with two attached hydrogens (primary N) is 1. The third-order valence-corrected chi connectivity index (χ3v) is 4.53. The van der Waals surface area contributed by atoms with Gasteiger partial charge in [0.05, 0.1) is 0 Å². The van der Waals surface area contributed by atoms with Gasteiger partial charge in [-0.3, -0.25) is 4.79 Å². The molecule has 0 heterocycles. The normalized spacial score (nSPS) is 12.8. The van der Waals surface area contributed by atoms with Gasteiger partial charge < -0.3 is 21.1 Å². The Bertz CT molecular complexity index is 827. The number of amides is 3. The van der Waals surface area contributed by atoms with Crippen molar-refractivity contribution in [2.45, 2.75) is 25.5 Å². The van der Waals surface area contributed by atoms with Gasteiger partial charge in [0.15, 0.2) is 6.10 Å². The molecule has 2 rings (SSSR count). The van der Waals surface area contributed by atoms with E-state index in [0.717, 1.165) is 10.8 Å². The standard InChI is InChI=1S/C19H23N3O4S/c1-12(26-18(24)16(9-10-27-2)22-19(20)25)17(23)21-15-8-7-13-5-3-4-6-14(13)11-15/h3-8,11-12,16H,9-10H2,1-2H3,(H,21,23)(H3,20,22,25)/t12-,16+/m0/s1. The number of thioether (sulfide) groups is 1. The Morgan fingerprint density at radius 1 is 1.15 bits per heavy atom. The Hall–Kier alpha value is -2.74. The van der Waals surface area contributed by atoms with E-state index in [0.29, 0.717) is 17.9 Å². The molecule has 0 saturated carbocycles. The molecule has 8 heteroatoms. The highest BCUT2D eigenvalue weighted by Gasteiger charge is 2.25. The number of carbonyl (C=O) groups is 3. The second kappa shape index (κ2) is 9.82. The molecule has 4 N–H and O–H groups in total. The quantitative estimate of drug-likeness (QED) is 0.601. The fourth-order valence-corrected chi connectivity index (χ4v) is 2.95. The van der Waals surface area contributed by atoms with Gasteiger partial charge in [-0.15, -0.1) is 0 Å². The van der Waals surface area contributed by atoms with Crippen LogP contribution in [-0.2, 0) is 14.3 Å². The van der Waals surface area contributed by atoms with Crippen molar-refractivity contribution < 1.29 is 19.1 Å². The predicted octanol–water partition coefficient (Wildman–Crippen LogP) is 2.50. The number of carbonyl (C=O) groups excluding carboxylic acids is 3. The van der Waals surface area contributed by atoms with Crippen LogP contribution in [0.2, 0.25) is 0 Å². The number of anilines is 1. The maximum absolute atomic E-state index is 12.3. The molecular weight excluding hydrogens is 366 g/mol. The Morgan fingerprint density at radius 3 is 2.52 bits per heavy atom. The number of hydrogen-bond donors (Lipinski definition) is 3. The van der Waals surface area contributed by atoms with Gasteiger partial charge in [-0.1, -0.05) is 30.3 Å². The third-order valence-electron chi connectivity index (χ3n) is 3.89. The molecule has 2 aromatic rings. The number of hydrogen-bond acceptors (Lipinski definition) is 5. The molecule has 0 radical (unpaired) electrons. The van der Waals surface area contributed by atoms with Crippen molar-refractivity contribution in [1.29, 1.82) is 0 Å². The topological polar surface area (TPSA) is 111 Å².